The molecule has 116 valence electrons. The molecule has 0 aromatic heterocycles. The molecule has 22 heavy (non-hydrogen) atoms. The van der Waals surface area contributed by atoms with Crippen LogP contribution in [0.25, 0.3) is 0 Å². The first-order chi connectivity index (χ1) is 10.5. The highest BCUT2D eigenvalue weighted by atomic mass is 35.5. The van der Waals surface area contributed by atoms with Gasteiger partial charge in [0, 0.05) is 0 Å². The maximum atomic E-state index is 12.4. The molecule has 0 saturated carbocycles. The lowest BCUT2D eigenvalue weighted by Crippen LogP contribution is -2.17. The molecule has 0 radical (unpaired) electrons. The highest BCUT2D eigenvalue weighted by molar-refractivity contribution is 7.91. The highest BCUT2D eigenvalue weighted by Crippen LogP contribution is 2.23. The largest absolute Gasteiger partial charge is 0.321 e. The lowest BCUT2D eigenvalue weighted by molar-refractivity contribution is 0.102. The summed E-state index contributed by atoms with van der Waals surface area (Å²) in [7, 11) is -3.48. The summed E-state index contributed by atoms with van der Waals surface area (Å²) < 4.78 is 24.5. The summed E-state index contributed by atoms with van der Waals surface area (Å²) in [6.07, 6.45) is 0.489. The van der Waals surface area contributed by atoms with Gasteiger partial charge in [0.1, 0.15) is 0 Å². The maximum Gasteiger partial charge on any atom is 0.257 e. The first-order valence-electron chi connectivity index (χ1n) is 6.83. The maximum absolute atomic E-state index is 12.4. The van der Waals surface area contributed by atoms with E-state index in [2.05, 4.69) is 5.32 Å². The second-order valence-electron chi connectivity index (χ2n) is 4.75. The Kier molecular flexibility index (Phi) is 5.21. The van der Waals surface area contributed by atoms with E-state index in [4.69, 9.17) is 11.6 Å². The number of rotatable bonds is 5. The van der Waals surface area contributed by atoms with Gasteiger partial charge >= 0.3 is 0 Å². The van der Waals surface area contributed by atoms with Crippen LogP contribution in [0, 0.1) is 0 Å². The summed E-state index contributed by atoms with van der Waals surface area (Å²) in [6, 6.07) is 13.0. The number of para-hydroxylation sites is 1. The number of hydrogen-bond donors (Lipinski definition) is 1. The molecule has 2 rings (SSSR count). The van der Waals surface area contributed by atoms with Crippen molar-refractivity contribution < 1.29 is 13.2 Å². The van der Waals surface area contributed by atoms with Gasteiger partial charge in [0.05, 0.1) is 26.9 Å². The van der Waals surface area contributed by atoms with E-state index in [9.17, 15) is 13.2 Å². The molecule has 2 aromatic carbocycles. The van der Waals surface area contributed by atoms with Crippen LogP contribution in [0.15, 0.2) is 53.4 Å². The SMILES string of the molecule is CCCS(=O)(=O)c1ccccc1C(=O)Nc1ccccc1Cl. The van der Waals surface area contributed by atoms with Crippen LogP contribution < -0.4 is 5.32 Å². The molecule has 2 aromatic rings. The number of carbonyl (C=O) groups is 1. The Bertz CT molecular complexity index is 787. The Labute approximate surface area is 135 Å². The lowest BCUT2D eigenvalue weighted by Gasteiger charge is -2.11. The molecule has 0 heterocycles. The van der Waals surface area contributed by atoms with Crippen molar-refractivity contribution in [2.24, 2.45) is 0 Å². The Morgan fingerprint density at radius 1 is 1.09 bits per heavy atom. The summed E-state index contributed by atoms with van der Waals surface area (Å²) >= 11 is 6.00. The molecular formula is C16H16ClNO3S. The van der Waals surface area contributed by atoms with Crippen LogP contribution >= 0.6 is 11.6 Å². The zero-order valence-corrected chi connectivity index (χ0v) is 13.6. The molecule has 1 N–H and O–H groups in total. The number of carbonyl (C=O) groups excluding carboxylic acids is 1. The van der Waals surface area contributed by atoms with Gasteiger partial charge < -0.3 is 5.32 Å². The fourth-order valence-electron chi connectivity index (χ4n) is 2.06. The third-order valence-electron chi connectivity index (χ3n) is 3.06. The molecule has 6 heteroatoms. The van der Waals surface area contributed by atoms with Crippen LogP contribution in [0.3, 0.4) is 0 Å². The van der Waals surface area contributed by atoms with Crippen molar-refractivity contribution in [2.75, 3.05) is 11.1 Å². The standard InChI is InChI=1S/C16H16ClNO3S/c1-2-11-22(20,21)15-10-6-3-7-12(15)16(19)18-14-9-5-4-8-13(14)17/h3-10H,2,11H2,1H3,(H,18,19). The first kappa shape index (κ1) is 16.5. The van der Waals surface area contributed by atoms with Gasteiger partial charge in [-0.05, 0) is 30.7 Å². The van der Waals surface area contributed by atoms with Crippen molar-refractivity contribution in [3.63, 3.8) is 0 Å². The minimum atomic E-state index is -3.48. The predicted octanol–water partition coefficient (Wildman–Crippen LogP) is 3.78. The lowest BCUT2D eigenvalue weighted by atomic mass is 10.2. The summed E-state index contributed by atoms with van der Waals surface area (Å²) in [5, 5.41) is 3.04. The van der Waals surface area contributed by atoms with Crippen LogP contribution in [-0.2, 0) is 9.84 Å². The molecule has 0 atom stereocenters. The number of benzene rings is 2. The second-order valence-corrected chi connectivity index (χ2v) is 7.23. The molecule has 0 fully saturated rings. The third kappa shape index (κ3) is 3.67. The highest BCUT2D eigenvalue weighted by Gasteiger charge is 2.21. The van der Waals surface area contributed by atoms with Gasteiger partial charge in [0.2, 0.25) is 0 Å². The molecular weight excluding hydrogens is 322 g/mol. The quantitative estimate of drug-likeness (QED) is 0.903. The van der Waals surface area contributed by atoms with Gasteiger partial charge in [-0.1, -0.05) is 42.8 Å². The van der Waals surface area contributed by atoms with Gasteiger partial charge in [-0.3, -0.25) is 4.79 Å². The van der Waals surface area contributed by atoms with Crippen molar-refractivity contribution >= 4 is 33.0 Å². The molecule has 4 nitrogen and oxygen atoms in total. The van der Waals surface area contributed by atoms with Gasteiger partial charge in [-0.15, -0.1) is 0 Å². The molecule has 0 aliphatic rings. The molecule has 0 aliphatic carbocycles. The molecule has 0 saturated heterocycles. The second kappa shape index (κ2) is 6.94. The van der Waals surface area contributed by atoms with E-state index in [0.717, 1.165) is 0 Å². The zero-order chi connectivity index (χ0) is 16.2. The Morgan fingerprint density at radius 2 is 1.73 bits per heavy atom. The van der Waals surface area contributed by atoms with Crippen LogP contribution in [-0.4, -0.2) is 20.1 Å². The zero-order valence-electron chi connectivity index (χ0n) is 12.0. The molecule has 1 amide bonds. The Balaban J connectivity index is 2.37. The smallest absolute Gasteiger partial charge is 0.257 e. The molecule has 0 bridgehead atoms. The van der Waals surface area contributed by atoms with E-state index >= 15 is 0 Å². The third-order valence-corrected chi connectivity index (χ3v) is 5.36. The number of nitrogens with one attached hydrogen (secondary N) is 1. The van der Waals surface area contributed by atoms with E-state index in [1.165, 1.54) is 12.1 Å². The number of halogens is 1. The van der Waals surface area contributed by atoms with Crippen LogP contribution in [0.4, 0.5) is 5.69 Å². The van der Waals surface area contributed by atoms with Crippen molar-refractivity contribution in [3.8, 4) is 0 Å². The van der Waals surface area contributed by atoms with Crippen LogP contribution in [0.5, 0.6) is 0 Å². The van der Waals surface area contributed by atoms with Crippen LogP contribution in [0.1, 0.15) is 23.7 Å². The Hall–Kier alpha value is -1.85. The normalized spacial score (nSPS) is 11.2. The van der Waals surface area contributed by atoms with E-state index in [1.807, 2.05) is 0 Å². The average Bonchev–Trinajstić information content (AvgIpc) is 2.49. The summed E-state index contributed by atoms with van der Waals surface area (Å²) in [5.74, 6) is -0.494. The fraction of sp³-hybridized carbons (Fsp3) is 0.188. The van der Waals surface area contributed by atoms with Gasteiger partial charge in [-0.25, -0.2) is 8.42 Å². The summed E-state index contributed by atoms with van der Waals surface area (Å²) in [4.78, 5) is 12.4. The minimum absolute atomic E-state index is 0.00336. The van der Waals surface area contributed by atoms with Crippen LogP contribution in [0.2, 0.25) is 5.02 Å². The number of hydrogen-bond acceptors (Lipinski definition) is 3. The Morgan fingerprint density at radius 3 is 2.41 bits per heavy atom. The van der Waals surface area contributed by atoms with Gasteiger partial charge in [-0.2, -0.15) is 0 Å². The van der Waals surface area contributed by atoms with Gasteiger partial charge in [0.25, 0.3) is 5.91 Å². The first-order valence-corrected chi connectivity index (χ1v) is 8.86. The minimum Gasteiger partial charge on any atom is -0.321 e. The predicted molar refractivity (Wildman–Crippen MR) is 88.2 cm³/mol. The molecule has 0 aliphatic heterocycles. The topological polar surface area (TPSA) is 63.2 Å². The summed E-state index contributed by atoms with van der Waals surface area (Å²) in [6.45, 7) is 1.78. The van der Waals surface area contributed by atoms with E-state index in [1.54, 1.807) is 43.3 Å². The van der Waals surface area contributed by atoms with Crippen molar-refractivity contribution in [1.29, 1.82) is 0 Å². The van der Waals surface area contributed by atoms with Crippen molar-refractivity contribution in [3.05, 3.63) is 59.1 Å². The van der Waals surface area contributed by atoms with E-state index in [0.29, 0.717) is 17.1 Å². The van der Waals surface area contributed by atoms with Gasteiger partial charge in [0.15, 0.2) is 9.84 Å². The monoisotopic (exact) mass is 337 g/mol. The van der Waals surface area contributed by atoms with E-state index < -0.39 is 15.7 Å². The van der Waals surface area contributed by atoms with Crippen molar-refractivity contribution in [1.82, 2.24) is 0 Å². The molecule has 0 spiro atoms. The average molecular weight is 338 g/mol. The van der Waals surface area contributed by atoms with E-state index in [-0.39, 0.29) is 16.2 Å². The summed E-state index contributed by atoms with van der Waals surface area (Å²) in [5.41, 5.74) is 0.563. The number of sulfone groups is 1. The molecule has 0 unspecified atom stereocenters. The van der Waals surface area contributed by atoms with Crippen molar-refractivity contribution in [2.45, 2.75) is 18.2 Å². The number of anilines is 1. The fourth-order valence-corrected chi connectivity index (χ4v) is 3.78. The number of amides is 1.